The summed E-state index contributed by atoms with van der Waals surface area (Å²) in [5.74, 6) is -0.906. The van der Waals surface area contributed by atoms with Gasteiger partial charge in [-0.25, -0.2) is 4.57 Å². The standard InChI is InChI=1S/C39H71O8P/c1-3-5-7-9-11-13-15-17-19-21-23-25-27-29-31-33-38(40)45-35-37(36-46-48(42,43)44)47-39(41)34-32-30-28-26-24-22-20-18-16-14-12-10-8-6-4-2/h11,13-14,16-17,19,37H,3-10,12,15,18,20-36H2,1-2H3,(H2,42,43,44)/b13-11-,16-14-,19-17-/t37-/m1/s1. The van der Waals surface area contributed by atoms with Crippen LogP contribution in [0, 0.1) is 0 Å². The van der Waals surface area contributed by atoms with E-state index in [1.807, 2.05) is 0 Å². The molecule has 0 aromatic heterocycles. The van der Waals surface area contributed by atoms with Crippen molar-refractivity contribution in [1.82, 2.24) is 0 Å². The van der Waals surface area contributed by atoms with Gasteiger partial charge in [0.15, 0.2) is 6.10 Å². The Morgan fingerprint density at radius 3 is 1.44 bits per heavy atom. The van der Waals surface area contributed by atoms with Crippen molar-refractivity contribution in [3.05, 3.63) is 36.5 Å². The van der Waals surface area contributed by atoms with Gasteiger partial charge in [-0.15, -0.1) is 0 Å². The summed E-state index contributed by atoms with van der Waals surface area (Å²) in [4.78, 5) is 42.7. The van der Waals surface area contributed by atoms with Gasteiger partial charge in [-0.1, -0.05) is 134 Å². The first-order valence-electron chi connectivity index (χ1n) is 19.3. The number of allylic oxidation sites excluding steroid dienone is 6. The molecular weight excluding hydrogens is 627 g/mol. The van der Waals surface area contributed by atoms with E-state index in [0.29, 0.717) is 12.8 Å². The number of ether oxygens (including phenoxy) is 2. The highest BCUT2D eigenvalue weighted by molar-refractivity contribution is 7.46. The van der Waals surface area contributed by atoms with Crippen molar-refractivity contribution in [2.24, 2.45) is 0 Å². The van der Waals surface area contributed by atoms with E-state index in [2.05, 4.69) is 54.8 Å². The second-order valence-corrected chi connectivity index (χ2v) is 14.1. The van der Waals surface area contributed by atoms with Gasteiger partial charge in [-0.2, -0.15) is 0 Å². The molecule has 0 radical (unpaired) electrons. The molecule has 0 rings (SSSR count). The third-order valence-electron chi connectivity index (χ3n) is 8.13. The minimum absolute atomic E-state index is 0.204. The summed E-state index contributed by atoms with van der Waals surface area (Å²) in [5.41, 5.74) is 0. The summed E-state index contributed by atoms with van der Waals surface area (Å²) in [6.07, 6.45) is 40.0. The fraction of sp³-hybridized carbons (Fsp3) is 0.795. The average Bonchev–Trinajstić information content (AvgIpc) is 3.05. The lowest BCUT2D eigenvalue weighted by molar-refractivity contribution is -0.161. The molecule has 280 valence electrons. The van der Waals surface area contributed by atoms with Crippen LogP contribution in [0.5, 0.6) is 0 Å². The molecule has 2 N–H and O–H groups in total. The average molecular weight is 699 g/mol. The third-order valence-corrected chi connectivity index (χ3v) is 8.62. The van der Waals surface area contributed by atoms with E-state index in [1.165, 1.54) is 77.0 Å². The van der Waals surface area contributed by atoms with Crippen molar-refractivity contribution < 1.29 is 37.9 Å². The van der Waals surface area contributed by atoms with Crippen LogP contribution in [0.2, 0.25) is 0 Å². The molecule has 0 aromatic rings. The zero-order chi connectivity index (χ0) is 35.4. The van der Waals surface area contributed by atoms with Gasteiger partial charge in [0.1, 0.15) is 6.61 Å². The van der Waals surface area contributed by atoms with E-state index in [9.17, 15) is 14.2 Å². The maximum atomic E-state index is 12.4. The Bertz CT molecular complexity index is 879. The second-order valence-electron chi connectivity index (χ2n) is 12.9. The SMILES string of the molecule is CCCCC/C=C\C/C=C\CCCCCCCC(=O)OC[C@H](COP(=O)(O)O)OC(=O)CCCCCCCCC/C=C\CCCCCC. The van der Waals surface area contributed by atoms with E-state index < -0.39 is 32.5 Å². The van der Waals surface area contributed by atoms with Crippen molar-refractivity contribution in [2.75, 3.05) is 13.2 Å². The van der Waals surface area contributed by atoms with E-state index in [4.69, 9.17) is 19.3 Å². The second kappa shape index (κ2) is 35.1. The number of esters is 2. The van der Waals surface area contributed by atoms with Gasteiger partial charge >= 0.3 is 19.8 Å². The zero-order valence-corrected chi connectivity index (χ0v) is 31.5. The molecule has 8 nitrogen and oxygen atoms in total. The minimum Gasteiger partial charge on any atom is -0.462 e. The molecule has 0 aliphatic carbocycles. The quantitative estimate of drug-likeness (QED) is 0.0290. The lowest BCUT2D eigenvalue weighted by Crippen LogP contribution is -2.29. The van der Waals surface area contributed by atoms with Crippen LogP contribution < -0.4 is 0 Å². The summed E-state index contributed by atoms with van der Waals surface area (Å²) in [7, 11) is -4.75. The number of carbonyl (C=O) groups excluding carboxylic acids is 2. The molecule has 48 heavy (non-hydrogen) atoms. The molecule has 1 atom stereocenters. The molecule has 9 heteroatoms. The van der Waals surface area contributed by atoms with E-state index >= 15 is 0 Å². The Morgan fingerprint density at radius 2 is 0.938 bits per heavy atom. The normalized spacial score (nSPS) is 12.8. The summed E-state index contributed by atoms with van der Waals surface area (Å²) in [5, 5.41) is 0. The predicted octanol–water partition coefficient (Wildman–Crippen LogP) is 11.4. The lowest BCUT2D eigenvalue weighted by atomic mass is 10.1. The molecule has 0 unspecified atom stereocenters. The first-order chi connectivity index (χ1) is 23.3. The summed E-state index contributed by atoms with van der Waals surface area (Å²) >= 11 is 0. The fourth-order valence-corrected chi connectivity index (χ4v) is 5.58. The fourth-order valence-electron chi connectivity index (χ4n) is 5.22. The van der Waals surface area contributed by atoms with Crippen LogP contribution in [0.1, 0.15) is 181 Å². The molecular formula is C39H71O8P. The third kappa shape index (κ3) is 37.1. The van der Waals surface area contributed by atoms with Gasteiger partial charge in [-0.05, 0) is 70.6 Å². The van der Waals surface area contributed by atoms with Crippen LogP contribution >= 0.6 is 7.82 Å². The molecule has 0 saturated heterocycles. The van der Waals surface area contributed by atoms with Gasteiger partial charge in [0.25, 0.3) is 0 Å². The first kappa shape index (κ1) is 46.3. The Labute approximate surface area is 293 Å². The topological polar surface area (TPSA) is 119 Å². The number of unbranched alkanes of at least 4 members (excludes halogenated alkanes) is 19. The van der Waals surface area contributed by atoms with Crippen LogP contribution in [-0.2, 0) is 28.2 Å². The van der Waals surface area contributed by atoms with E-state index in [0.717, 1.165) is 64.2 Å². The molecule has 0 saturated carbocycles. The molecule has 0 spiro atoms. The summed E-state index contributed by atoms with van der Waals surface area (Å²) < 4.78 is 26.3. The highest BCUT2D eigenvalue weighted by atomic mass is 31.2. The number of carbonyl (C=O) groups is 2. The zero-order valence-electron chi connectivity index (χ0n) is 30.6. The van der Waals surface area contributed by atoms with Crippen molar-refractivity contribution in [2.45, 2.75) is 187 Å². The van der Waals surface area contributed by atoms with Gasteiger partial charge in [-0.3, -0.25) is 14.1 Å². The maximum absolute atomic E-state index is 12.4. The predicted molar refractivity (Wildman–Crippen MR) is 198 cm³/mol. The van der Waals surface area contributed by atoms with Crippen molar-refractivity contribution >= 4 is 19.8 Å². The molecule has 0 bridgehead atoms. The molecule has 0 aliphatic heterocycles. The highest BCUT2D eigenvalue weighted by Gasteiger charge is 2.22. The van der Waals surface area contributed by atoms with Crippen LogP contribution in [0.25, 0.3) is 0 Å². The number of phosphoric acid groups is 1. The van der Waals surface area contributed by atoms with Gasteiger partial charge in [0.2, 0.25) is 0 Å². The molecule has 0 amide bonds. The molecule has 0 aromatic carbocycles. The Kier molecular flexibility index (Phi) is 33.8. The molecule has 0 aliphatic rings. The smallest absolute Gasteiger partial charge is 0.462 e. The van der Waals surface area contributed by atoms with E-state index in [-0.39, 0.29) is 19.4 Å². The molecule has 0 fully saturated rings. The van der Waals surface area contributed by atoms with Gasteiger partial charge < -0.3 is 19.3 Å². The van der Waals surface area contributed by atoms with Gasteiger partial charge in [0, 0.05) is 12.8 Å². The van der Waals surface area contributed by atoms with E-state index in [1.54, 1.807) is 0 Å². The number of rotatable bonds is 35. The largest absolute Gasteiger partial charge is 0.469 e. The minimum atomic E-state index is -4.75. The highest BCUT2D eigenvalue weighted by Crippen LogP contribution is 2.36. The van der Waals surface area contributed by atoms with Crippen molar-refractivity contribution in [3.8, 4) is 0 Å². The summed E-state index contributed by atoms with van der Waals surface area (Å²) in [6, 6.07) is 0. The Morgan fingerprint density at radius 1 is 0.542 bits per heavy atom. The van der Waals surface area contributed by atoms with Crippen LogP contribution in [0.15, 0.2) is 36.5 Å². The monoisotopic (exact) mass is 698 g/mol. The van der Waals surface area contributed by atoms with Crippen molar-refractivity contribution in [3.63, 3.8) is 0 Å². The number of phosphoric ester groups is 1. The Balaban J connectivity index is 3.99. The first-order valence-corrected chi connectivity index (χ1v) is 20.8. The van der Waals surface area contributed by atoms with Crippen LogP contribution in [0.3, 0.4) is 0 Å². The maximum Gasteiger partial charge on any atom is 0.469 e. The molecule has 0 heterocycles. The lowest BCUT2D eigenvalue weighted by Gasteiger charge is -2.18. The van der Waals surface area contributed by atoms with Crippen molar-refractivity contribution in [1.29, 1.82) is 0 Å². The van der Waals surface area contributed by atoms with Crippen LogP contribution in [-0.4, -0.2) is 41.0 Å². The summed E-state index contributed by atoms with van der Waals surface area (Å²) in [6.45, 7) is 3.62. The van der Waals surface area contributed by atoms with Crippen LogP contribution in [0.4, 0.5) is 0 Å². The number of hydrogen-bond acceptors (Lipinski definition) is 6. The Hall–Kier alpha value is -1.73. The number of hydrogen-bond donors (Lipinski definition) is 2. The van der Waals surface area contributed by atoms with Gasteiger partial charge in [0.05, 0.1) is 6.61 Å².